The number of rotatable bonds is 6. The summed E-state index contributed by atoms with van der Waals surface area (Å²) in [6.07, 6.45) is 5.23. The van der Waals surface area contributed by atoms with Crippen molar-refractivity contribution in [2.75, 3.05) is 5.32 Å². The summed E-state index contributed by atoms with van der Waals surface area (Å²) in [5.41, 5.74) is 0.711. The van der Waals surface area contributed by atoms with Crippen molar-refractivity contribution >= 4 is 17.6 Å². The van der Waals surface area contributed by atoms with E-state index in [0.717, 1.165) is 11.8 Å². The molecular formula is C21H31N3O2. The maximum absolute atomic E-state index is 12.8. The highest BCUT2D eigenvalue weighted by Crippen LogP contribution is 2.49. The molecule has 3 rings (SSSR count). The number of urea groups is 1. The number of hydrogen-bond acceptors (Lipinski definition) is 2. The lowest BCUT2D eigenvalue weighted by Gasteiger charge is -2.31. The van der Waals surface area contributed by atoms with Crippen molar-refractivity contribution < 1.29 is 9.59 Å². The molecule has 2 aliphatic rings. The van der Waals surface area contributed by atoms with E-state index in [1.807, 2.05) is 44.2 Å². The molecule has 5 unspecified atom stereocenters. The Morgan fingerprint density at radius 2 is 1.73 bits per heavy atom. The van der Waals surface area contributed by atoms with Crippen LogP contribution in [0.5, 0.6) is 0 Å². The van der Waals surface area contributed by atoms with Crippen LogP contribution in [0.4, 0.5) is 10.5 Å². The number of para-hydroxylation sites is 1. The molecule has 142 valence electrons. The fourth-order valence-electron chi connectivity index (χ4n) is 4.69. The molecule has 1 aromatic carbocycles. The van der Waals surface area contributed by atoms with Gasteiger partial charge in [0.1, 0.15) is 6.04 Å². The maximum atomic E-state index is 12.8. The van der Waals surface area contributed by atoms with Crippen molar-refractivity contribution in [3.05, 3.63) is 30.3 Å². The molecule has 5 heteroatoms. The molecule has 0 aliphatic heterocycles. The Morgan fingerprint density at radius 1 is 1.00 bits per heavy atom. The zero-order chi connectivity index (χ0) is 18.7. The Kier molecular flexibility index (Phi) is 5.84. The van der Waals surface area contributed by atoms with E-state index in [2.05, 4.69) is 22.9 Å². The minimum absolute atomic E-state index is 0.0174. The molecule has 2 saturated carbocycles. The Morgan fingerprint density at radius 3 is 2.31 bits per heavy atom. The van der Waals surface area contributed by atoms with Gasteiger partial charge in [-0.2, -0.15) is 0 Å². The Bertz CT molecular complexity index is 631. The van der Waals surface area contributed by atoms with Crippen molar-refractivity contribution in [1.29, 1.82) is 0 Å². The van der Waals surface area contributed by atoms with E-state index in [1.54, 1.807) is 0 Å². The summed E-state index contributed by atoms with van der Waals surface area (Å²) in [4.78, 5) is 25.1. The second-order valence-electron chi connectivity index (χ2n) is 8.32. The van der Waals surface area contributed by atoms with Crippen LogP contribution in [0.2, 0.25) is 0 Å². The van der Waals surface area contributed by atoms with Gasteiger partial charge in [-0.15, -0.1) is 0 Å². The summed E-state index contributed by atoms with van der Waals surface area (Å²) in [5, 5.41) is 8.79. The summed E-state index contributed by atoms with van der Waals surface area (Å²) in [5.74, 6) is 2.15. The van der Waals surface area contributed by atoms with E-state index in [-0.39, 0.29) is 23.9 Å². The highest BCUT2D eigenvalue weighted by Gasteiger charge is 2.42. The maximum Gasteiger partial charge on any atom is 0.319 e. The van der Waals surface area contributed by atoms with Gasteiger partial charge in [0.2, 0.25) is 5.91 Å². The largest absolute Gasteiger partial charge is 0.352 e. The summed E-state index contributed by atoms with van der Waals surface area (Å²) < 4.78 is 0. The van der Waals surface area contributed by atoms with Crippen molar-refractivity contribution in [1.82, 2.24) is 10.6 Å². The van der Waals surface area contributed by atoms with E-state index in [1.165, 1.54) is 25.7 Å². The first kappa shape index (κ1) is 18.7. The normalized spacial score (nSPS) is 26.4. The van der Waals surface area contributed by atoms with Gasteiger partial charge in [0, 0.05) is 11.7 Å². The van der Waals surface area contributed by atoms with Gasteiger partial charge in [-0.3, -0.25) is 4.79 Å². The van der Waals surface area contributed by atoms with Gasteiger partial charge in [-0.1, -0.05) is 38.5 Å². The number of carbonyl (C=O) groups is 2. The summed E-state index contributed by atoms with van der Waals surface area (Å²) >= 11 is 0. The highest BCUT2D eigenvalue weighted by atomic mass is 16.2. The first-order valence-corrected chi connectivity index (χ1v) is 9.87. The second-order valence-corrected chi connectivity index (χ2v) is 8.32. The standard InChI is InChI=1S/C21H31N3O2/c1-13(2)19(24-21(26)23-17-7-5-4-6-8-17)20(25)22-14(3)18-12-15-9-10-16(18)11-15/h4-8,13-16,18-19H,9-12H2,1-3H3,(H,22,25)(H2,23,24,26). The average molecular weight is 357 g/mol. The number of anilines is 1. The third-order valence-electron chi connectivity index (χ3n) is 6.07. The number of hydrogen-bond donors (Lipinski definition) is 3. The average Bonchev–Trinajstić information content (AvgIpc) is 3.23. The summed E-state index contributed by atoms with van der Waals surface area (Å²) in [6.45, 7) is 6.02. The van der Waals surface area contributed by atoms with Gasteiger partial charge >= 0.3 is 6.03 Å². The fourth-order valence-corrected chi connectivity index (χ4v) is 4.69. The van der Waals surface area contributed by atoms with Crippen LogP contribution in [-0.2, 0) is 4.79 Å². The number of amides is 3. The predicted molar refractivity (Wildman–Crippen MR) is 104 cm³/mol. The first-order valence-electron chi connectivity index (χ1n) is 9.87. The molecule has 1 aromatic rings. The van der Waals surface area contributed by atoms with Gasteiger partial charge in [0.15, 0.2) is 0 Å². The smallest absolute Gasteiger partial charge is 0.319 e. The molecular weight excluding hydrogens is 326 g/mol. The number of fused-ring (bicyclic) bond motifs is 2. The molecule has 26 heavy (non-hydrogen) atoms. The molecule has 5 atom stereocenters. The van der Waals surface area contributed by atoms with Crippen molar-refractivity contribution in [3.63, 3.8) is 0 Å². The molecule has 2 fully saturated rings. The van der Waals surface area contributed by atoms with Gasteiger partial charge in [-0.25, -0.2) is 4.79 Å². The van der Waals surface area contributed by atoms with Gasteiger partial charge < -0.3 is 16.0 Å². The molecule has 0 saturated heterocycles. The lowest BCUT2D eigenvalue weighted by Crippen LogP contribution is -2.54. The summed E-state index contributed by atoms with van der Waals surface area (Å²) in [6, 6.07) is 8.53. The van der Waals surface area contributed by atoms with Gasteiger partial charge in [0.25, 0.3) is 0 Å². The molecule has 5 nitrogen and oxygen atoms in total. The topological polar surface area (TPSA) is 70.2 Å². The van der Waals surface area contributed by atoms with E-state index in [0.29, 0.717) is 11.6 Å². The number of nitrogens with one attached hydrogen (secondary N) is 3. The van der Waals surface area contributed by atoms with Crippen LogP contribution in [-0.4, -0.2) is 24.0 Å². The van der Waals surface area contributed by atoms with Gasteiger partial charge in [0.05, 0.1) is 0 Å². The monoisotopic (exact) mass is 357 g/mol. The highest BCUT2D eigenvalue weighted by molar-refractivity contribution is 5.93. The predicted octanol–water partition coefficient (Wildman–Crippen LogP) is 3.77. The van der Waals surface area contributed by atoms with E-state index < -0.39 is 6.04 Å². The third-order valence-corrected chi connectivity index (χ3v) is 6.07. The zero-order valence-corrected chi connectivity index (χ0v) is 16.0. The van der Waals surface area contributed by atoms with Crippen molar-refractivity contribution in [2.45, 2.75) is 58.5 Å². The van der Waals surface area contributed by atoms with Gasteiger partial charge in [-0.05, 0) is 62.0 Å². The summed E-state index contributed by atoms with van der Waals surface area (Å²) in [7, 11) is 0. The second kappa shape index (κ2) is 8.11. The van der Waals surface area contributed by atoms with Crippen LogP contribution < -0.4 is 16.0 Å². The quantitative estimate of drug-likeness (QED) is 0.725. The molecule has 2 aliphatic carbocycles. The number of carbonyl (C=O) groups excluding carboxylic acids is 2. The molecule has 0 heterocycles. The van der Waals surface area contributed by atoms with Crippen LogP contribution in [0.15, 0.2) is 30.3 Å². The Balaban J connectivity index is 1.54. The molecule has 0 radical (unpaired) electrons. The lowest BCUT2D eigenvalue weighted by molar-refractivity contribution is -0.125. The van der Waals surface area contributed by atoms with Crippen molar-refractivity contribution in [2.24, 2.45) is 23.7 Å². The molecule has 3 N–H and O–H groups in total. The minimum Gasteiger partial charge on any atom is -0.352 e. The number of benzene rings is 1. The Labute approximate surface area is 156 Å². The van der Waals surface area contributed by atoms with Crippen LogP contribution in [0.1, 0.15) is 46.5 Å². The van der Waals surface area contributed by atoms with E-state index >= 15 is 0 Å². The zero-order valence-electron chi connectivity index (χ0n) is 16.0. The minimum atomic E-state index is -0.542. The molecule has 0 aromatic heterocycles. The fraction of sp³-hybridized carbons (Fsp3) is 0.619. The lowest BCUT2D eigenvalue weighted by atomic mass is 9.84. The SMILES string of the molecule is CC(C)C(NC(=O)Nc1ccccc1)C(=O)NC(C)C1CC2CCC1C2. The van der Waals surface area contributed by atoms with Crippen LogP contribution in [0, 0.1) is 23.7 Å². The van der Waals surface area contributed by atoms with E-state index in [4.69, 9.17) is 0 Å². The van der Waals surface area contributed by atoms with E-state index in [9.17, 15) is 9.59 Å². The third kappa shape index (κ3) is 4.37. The van der Waals surface area contributed by atoms with Crippen molar-refractivity contribution in [3.8, 4) is 0 Å². The van der Waals surface area contributed by atoms with Crippen LogP contribution in [0.25, 0.3) is 0 Å². The first-order chi connectivity index (χ1) is 12.4. The Hall–Kier alpha value is -2.04. The molecule has 0 spiro atoms. The van der Waals surface area contributed by atoms with Crippen LogP contribution >= 0.6 is 0 Å². The molecule has 2 bridgehead atoms. The molecule has 3 amide bonds. The van der Waals surface area contributed by atoms with Crippen LogP contribution in [0.3, 0.4) is 0 Å².